The predicted octanol–water partition coefficient (Wildman–Crippen LogP) is 2.86. The van der Waals surface area contributed by atoms with Crippen LogP contribution in [-0.2, 0) is 11.5 Å². The first-order valence-electron chi connectivity index (χ1n) is 7.12. The molecule has 2 rings (SSSR count). The molecule has 0 aliphatic carbocycles. The summed E-state index contributed by atoms with van der Waals surface area (Å²) in [7, 11) is 0.265. The normalized spacial score (nSPS) is 11.9. The average Bonchev–Trinajstić information content (AvgIpc) is 2.43. The molecule has 7 heteroatoms. The Balaban J connectivity index is 2.21. The largest absolute Gasteiger partial charge is 0.497 e. The van der Waals surface area contributed by atoms with Crippen molar-refractivity contribution in [3.05, 3.63) is 34.6 Å². The third kappa shape index (κ3) is 3.92. The zero-order chi connectivity index (χ0) is 16.3. The van der Waals surface area contributed by atoms with Gasteiger partial charge in [-0.3, -0.25) is 9.36 Å². The first-order valence-corrected chi connectivity index (χ1v) is 10.8. The summed E-state index contributed by atoms with van der Waals surface area (Å²) in [5, 5.41) is -0.0444. The third-order valence-electron chi connectivity index (χ3n) is 3.32. The average molecular weight is 324 g/mol. The van der Waals surface area contributed by atoms with Gasteiger partial charge in [0.2, 0.25) is 0 Å². The van der Waals surface area contributed by atoms with E-state index in [0.717, 1.165) is 6.04 Å². The maximum atomic E-state index is 14.1. The van der Waals surface area contributed by atoms with Gasteiger partial charge in [0.15, 0.2) is 0 Å². The number of hydrogen-bond donors (Lipinski definition) is 0. The first-order chi connectivity index (χ1) is 10.3. The predicted molar refractivity (Wildman–Crippen MR) is 86.6 cm³/mol. The molecule has 22 heavy (non-hydrogen) atoms. The van der Waals surface area contributed by atoms with Crippen LogP contribution in [0.5, 0.6) is 5.75 Å². The number of fused-ring (bicyclic) bond motifs is 1. The van der Waals surface area contributed by atoms with E-state index >= 15 is 0 Å². The second-order valence-electron chi connectivity index (χ2n) is 6.37. The number of nitrogens with zero attached hydrogens (tertiary/aromatic N) is 2. The summed E-state index contributed by atoms with van der Waals surface area (Å²) in [6, 6.07) is 3.73. The van der Waals surface area contributed by atoms with Gasteiger partial charge in [-0.25, -0.2) is 9.37 Å². The molecule has 0 aliphatic rings. The van der Waals surface area contributed by atoms with E-state index in [9.17, 15) is 9.18 Å². The van der Waals surface area contributed by atoms with E-state index < -0.39 is 19.5 Å². The molecule has 0 spiro atoms. The molecule has 1 heterocycles. The highest BCUT2D eigenvalue weighted by Gasteiger charge is 2.14. The number of benzene rings is 1. The van der Waals surface area contributed by atoms with Crippen LogP contribution in [0.25, 0.3) is 10.9 Å². The highest BCUT2D eigenvalue weighted by molar-refractivity contribution is 6.76. The van der Waals surface area contributed by atoms with Crippen LogP contribution in [0.15, 0.2) is 23.3 Å². The van der Waals surface area contributed by atoms with Gasteiger partial charge in [0.05, 0.1) is 12.6 Å². The number of ether oxygens (including phenoxy) is 2. The second-order valence-corrected chi connectivity index (χ2v) is 12.0. The fraction of sp³-hybridized carbons (Fsp3) is 0.467. The molecular formula is C15H21FN2O3Si. The molecular weight excluding hydrogens is 303 g/mol. The van der Waals surface area contributed by atoms with E-state index in [0.29, 0.717) is 12.4 Å². The minimum Gasteiger partial charge on any atom is -0.497 e. The molecule has 2 aromatic rings. The van der Waals surface area contributed by atoms with Crippen molar-refractivity contribution in [2.45, 2.75) is 32.4 Å². The molecule has 5 nitrogen and oxygen atoms in total. The molecule has 0 saturated carbocycles. The monoisotopic (exact) mass is 324 g/mol. The second kappa shape index (κ2) is 6.58. The maximum Gasteiger partial charge on any atom is 0.266 e. The SMILES string of the molecule is COc1cc(F)c2c(=O)n(COCC[Si](C)(C)C)cnc2c1. The standard InChI is InChI=1S/C15H21FN2O3Si/c1-20-11-7-12(16)14-13(8-11)17-9-18(15(14)19)10-21-5-6-22(2,3)4/h7-9H,5-6,10H2,1-4H3. The molecule has 1 aromatic carbocycles. The highest BCUT2D eigenvalue weighted by atomic mass is 28.3. The number of rotatable bonds is 6. The molecule has 0 fully saturated rings. The molecule has 0 aliphatic heterocycles. The van der Waals surface area contributed by atoms with Gasteiger partial charge in [0, 0.05) is 26.8 Å². The number of aromatic nitrogens is 2. The van der Waals surface area contributed by atoms with Gasteiger partial charge in [0.1, 0.15) is 30.0 Å². The van der Waals surface area contributed by atoms with Crippen molar-refractivity contribution in [2.75, 3.05) is 13.7 Å². The van der Waals surface area contributed by atoms with Crippen LogP contribution in [0, 0.1) is 5.82 Å². The summed E-state index contributed by atoms with van der Waals surface area (Å²) >= 11 is 0. The van der Waals surface area contributed by atoms with Gasteiger partial charge in [-0.1, -0.05) is 19.6 Å². The quantitative estimate of drug-likeness (QED) is 0.606. The molecule has 0 radical (unpaired) electrons. The van der Waals surface area contributed by atoms with E-state index in [-0.39, 0.29) is 17.6 Å². The first kappa shape index (κ1) is 16.6. The lowest BCUT2D eigenvalue weighted by Gasteiger charge is -2.15. The lowest BCUT2D eigenvalue weighted by Crippen LogP contribution is -2.25. The van der Waals surface area contributed by atoms with Crippen LogP contribution in [0.1, 0.15) is 0 Å². The Hall–Kier alpha value is -1.73. The molecule has 0 N–H and O–H groups in total. The zero-order valence-corrected chi connectivity index (χ0v) is 14.4. The van der Waals surface area contributed by atoms with Crippen LogP contribution >= 0.6 is 0 Å². The Morgan fingerprint density at radius 3 is 2.68 bits per heavy atom. The van der Waals surface area contributed by atoms with E-state index in [1.807, 2.05) is 0 Å². The summed E-state index contributed by atoms with van der Waals surface area (Å²) in [5.74, 6) is -0.302. The molecule has 1 aromatic heterocycles. The van der Waals surface area contributed by atoms with Gasteiger partial charge in [-0.05, 0) is 6.04 Å². The van der Waals surface area contributed by atoms with Crippen molar-refractivity contribution in [1.29, 1.82) is 0 Å². The van der Waals surface area contributed by atoms with Gasteiger partial charge < -0.3 is 9.47 Å². The van der Waals surface area contributed by atoms with Gasteiger partial charge in [-0.15, -0.1) is 0 Å². The third-order valence-corrected chi connectivity index (χ3v) is 5.02. The minimum atomic E-state index is -1.17. The Bertz CT molecular complexity index is 725. The van der Waals surface area contributed by atoms with Crippen LogP contribution in [0.4, 0.5) is 4.39 Å². The van der Waals surface area contributed by atoms with Crippen molar-refractivity contribution in [3.63, 3.8) is 0 Å². The van der Waals surface area contributed by atoms with Crippen molar-refractivity contribution >= 4 is 19.0 Å². The maximum absolute atomic E-state index is 14.1. The van der Waals surface area contributed by atoms with Crippen molar-refractivity contribution < 1.29 is 13.9 Å². The molecule has 0 unspecified atom stereocenters. The molecule has 0 amide bonds. The van der Waals surface area contributed by atoms with Crippen molar-refractivity contribution in [1.82, 2.24) is 9.55 Å². The van der Waals surface area contributed by atoms with Gasteiger partial charge in [0.25, 0.3) is 5.56 Å². The van der Waals surface area contributed by atoms with Crippen molar-refractivity contribution in [3.8, 4) is 5.75 Å². The smallest absolute Gasteiger partial charge is 0.266 e. The zero-order valence-electron chi connectivity index (χ0n) is 13.4. The van der Waals surface area contributed by atoms with Crippen LogP contribution in [0.3, 0.4) is 0 Å². The topological polar surface area (TPSA) is 53.4 Å². The van der Waals surface area contributed by atoms with Gasteiger partial charge in [-0.2, -0.15) is 0 Å². The van der Waals surface area contributed by atoms with Gasteiger partial charge >= 0.3 is 0 Å². The molecule has 0 saturated heterocycles. The lowest BCUT2D eigenvalue weighted by molar-refractivity contribution is 0.0844. The fourth-order valence-corrected chi connectivity index (χ4v) is 2.72. The van der Waals surface area contributed by atoms with Crippen molar-refractivity contribution in [2.24, 2.45) is 0 Å². The van der Waals surface area contributed by atoms with Crippen LogP contribution < -0.4 is 10.3 Å². The highest BCUT2D eigenvalue weighted by Crippen LogP contribution is 2.20. The Labute approximate surface area is 129 Å². The number of methoxy groups -OCH3 is 1. The van der Waals surface area contributed by atoms with E-state index in [4.69, 9.17) is 9.47 Å². The number of halogens is 1. The number of hydrogen-bond acceptors (Lipinski definition) is 4. The van der Waals surface area contributed by atoms with Crippen LogP contribution in [-0.4, -0.2) is 31.3 Å². The Kier molecular flexibility index (Phi) is 4.97. The van der Waals surface area contributed by atoms with E-state index in [1.54, 1.807) is 0 Å². The molecule has 120 valence electrons. The summed E-state index contributed by atoms with van der Waals surface area (Å²) in [6.45, 7) is 7.43. The van der Waals surface area contributed by atoms with E-state index in [2.05, 4.69) is 24.6 Å². The Morgan fingerprint density at radius 1 is 1.32 bits per heavy atom. The molecule has 0 bridgehead atoms. The minimum absolute atomic E-state index is 0.0444. The summed E-state index contributed by atoms with van der Waals surface area (Å²) in [5.41, 5.74) is -0.168. The lowest BCUT2D eigenvalue weighted by atomic mass is 10.2. The summed E-state index contributed by atoms with van der Waals surface area (Å²) in [6.07, 6.45) is 1.37. The van der Waals surface area contributed by atoms with E-state index in [1.165, 1.54) is 30.1 Å². The fourth-order valence-electron chi connectivity index (χ4n) is 1.96. The van der Waals surface area contributed by atoms with Crippen LogP contribution in [0.2, 0.25) is 25.7 Å². The molecule has 0 atom stereocenters. The summed E-state index contributed by atoms with van der Waals surface area (Å²) in [4.78, 5) is 16.4. The summed E-state index contributed by atoms with van der Waals surface area (Å²) < 4.78 is 25.8. The Morgan fingerprint density at radius 2 is 2.05 bits per heavy atom.